The molecule has 8 rings (SSSR count). The summed E-state index contributed by atoms with van der Waals surface area (Å²) in [5.41, 5.74) is 14.3. The second-order valence-electron chi connectivity index (χ2n) is 13.2. The number of nitrogens with two attached hydrogens (primary N) is 1. The van der Waals surface area contributed by atoms with Crippen molar-refractivity contribution in [3.8, 4) is 0 Å². The number of fused-ring (bicyclic) bond motifs is 9. The number of methoxy groups -OCH3 is 1. The van der Waals surface area contributed by atoms with E-state index in [1.54, 1.807) is 24.3 Å². The number of nitrogens with zero attached hydrogens (tertiary/aromatic N) is 3. The van der Waals surface area contributed by atoms with Crippen LogP contribution in [0.5, 0.6) is 0 Å². The van der Waals surface area contributed by atoms with Crippen LogP contribution in [-0.4, -0.2) is 85.1 Å². The van der Waals surface area contributed by atoms with Crippen LogP contribution in [0.3, 0.4) is 0 Å². The van der Waals surface area contributed by atoms with Gasteiger partial charge in [-0.2, -0.15) is 4.98 Å². The molecule has 0 radical (unpaired) electrons. The van der Waals surface area contributed by atoms with E-state index in [9.17, 15) is 24.3 Å². The first kappa shape index (κ1) is 37.6. The molecule has 17 heteroatoms. The smallest absolute Gasteiger partial charge is 0.326 e. The highest BCUT2D eigenvalue weighted by Crippen LogP contribution is 2.21. The third-order valence-electron chi connectivity index (χ3n) is 9.01. The van der Waals surface area contributed by atoms with Crippen molar-refractivity contribution < 1.29 is 24.2 Å². The normalized spacial score (nSPS) is 14.2. The molecule has 0 fully saturated rings. The minimum atomic E-state index is -1.24. The molecule has 0 aliphatic carbocycles. The molecule has 10 N–H and O–H groups in total. The minimum absolute atomic E-state index is 0.0342. The van der Waals surface area contributed by atoms with Gasteiger partial charge in [-0.3, -0.25) is 19.4 Å². The Kier molecular flexibility index (Phi) is 11.1. The molecule has 0 saturated carbocycles. The summed E-state index contributed by atoms with van der Waals surface area (Å²) in [6, 6.07) is 21.5. The molecule has 0 spiro atoms. The van der Waals surface area contributed by atoms with Crippen molar-refractivity contribution in [2.75, 3.05) is 41.9 Å². The molecule has 3 aliphatic heterocycles. The van der Waals surface area contributed by atoms with Crippen LogP contribution in [0.25, 0.3) is 46.4 Å². The molecule has 8 bridgehead atoms. The number of anilines is 4. The number of nitrogens with one attached hydrogen (secondary N) is 7. The maximum absolute atomic E-state index is 12.4. The number of carboxylic acids is 1. The van der Waals surface area contributed by atoms with Gasteiger partial charge in [0.2, 0.25) is 5.95 Å². The largest absolute Gasteiger partial charge is 0.480 e. The van der Waals surface area contributed by atoms with E-state index in [1.807, 2.05) is 42.5 Å². The molecule has 2 unspecified atom stereocenters. The Hall–Kier alpha value is -7.69. The van der Waals surface area contributed by atoms with Gasteiger partial charge in [0, 0.05) is 52.8 Å². The summed E-state index contributed by atoms with van der Waals surface area (Å²) in [4.78, 5) is 69.5. The monoisotopic (exact) mass is 769 g/mol. The molecule has 1 amide bonds. The lowest BCUT2D eigenvalue weighted by Crippen LogP contribution is -2.41. The molecule has 57 heavy (non-hydrogen) atoms. The van der Waals surface area contributed by atoms with Crippen LogP contribution >= 0.6 is 0 Å². The van der Waals surface area contributed by atoms with Crippen molar-refractivity contribution in [3.05, 3.63) is 111 Å². The Morgan fingerprint density at radius 3 is 1.98 bits per heavy atom. The summed E-state index contributed by atoms with van der Waals surface area (Å²) in [6.07, 6.45) is 7.84. The van der Waals surface area contributed by atoms with Crippen LogP contribution in [0.2, 0.25) is 0 Å². The molecule has 1 aromatic carbocycles. The number of H-pyrrole nitrogens is 3. The predicted molar refractivity (Wildman–Crippen MR) is 219 cm³/mol. The van der Waals surface area contributed by atoms with E-state index < -0.39 is 23.9 Å². The molecule has 2 atom stereocenters. The predicted octanol–water partition coefficient (Wildman–Crippen LogP) is 4.46. The van der Waals surface area contributed by atoms with Crippen molar-refractivity contribution >= 4 is 87.4 Å². The first-order valence-electron chi connectivity index (χ1n) is 18.0. The second-order valence-corrected chi connectivity index (χ2v) is 13.2. The molecular formula is C40H39N11O6. The van der Waals surface area contributed by atoms with E-state index in [0.717, 1.165) is 50.5 Å². The number of esters is 1. The number of amides is 1. The lowest BCUT2D eigenvalue weighted by Gasteiger charge is -2.27. The number of hydrogen-bond acceptors (Lipinski definition) is 12. The van der Waals surface area contributed by atoms with Gasteiger partial charge in [0.15, 0.2) is 5.82 Å². The van der Waals surface area contributed by atoms with E-state index in [4.69, 9.17) is 5.73 Å². The van der Waals surface area contributed by atoms with E-state index in [1.165, 1.54) is 7.11 Å². The lowest BCUT2D eigenvalue weighted by atomic mass is 10.1. The van der Waals surface area contributed by atoms with Gasteiger partial charge in [-0.05, 0) is 104 Å². The number of aromatic nitrogens is 6. The van der Waals surface area contributed by atoms with E-state index >= 15 is 0 Å². The number of carbonyl (C=O) groups is 3. The molecule has 3 aliphatic rings. The molecule has 5 aromatic rings. The Bertz CT molecular complexity index is 2520. The number of carbonyl (C=O) groups excluding carboxylic acids is 2. The van der Waals surface area contributed by atoms with Gasteiger partial charge in [-0.15, -0.1) is 0 Å². The first-order valence-corrected chi connectivity index (χ1v) is 18.0. The van der Waals surface area contributed by atoms with E-state index in [0.29, 0.717) is 24.6 Å². The van der Waals surface area contributed by atoms with Crippen LogP contribution in [0.4, 0.5) is 23.1 Å². The fraction of sp³-hybridized carbons (Fsp3) is 0.175. The van der Waals surface area contributed by atoms with Gasteiger partial charge in [0.05, 0.1) is 35.9 Å². The molecule has 0 saturated heterocycles. The number of ether oxygens (including phenoxy) is 1. The van der Waals surface area contributed by atoms with E-state index in [2.05, 4.69) is 86.2 Å². The van der Waals surface area contributed by atoms with Gasteiger partial charge in [0.25, 0.3) is 11.5 Å². The standard InChI is InChI=1S/C20H25N7O6.C20H14N4/c1-33-14(28)7-6-13(19(31)32)25-17(29)10-2-4-11(5-3-10)22-8-12-9-23-16-15(24-12)18(30)27-20(21)26-16;1-2-14-10-16-5-6-18(23-16)12-20-8-7-19(24-20)11-17-4-3-15(22-17)9-13(1)21-14/h2-5,12-13,22,24H,6-9H2,1H3,(H,25,29)(H,31,32)(H4,21,23,26,27,30);1-12,21-22H. The zero-order chi connectivity index (χ0) is 39.9. The molecule has 4 aromatic heterocycles. The topological polar surface area (TPSA) is 258 Å². The Morgan fingerprint density at radius 1 is 0.825 bits per heavy atom. The van der Waals surface area contributed by atoms with Crippen molar-refractivity contribution in [3.63, 3.8) is 0 Å². The summed E-state index contributed by atoms with van der Waals surface area (Å²) >= 11 is 0. The van der Waals surface area contributed by atoms with Gasteiger partial charge >= 0.3 is 11.9 Å². The number of aromatic amines is 3. The van der Waals surface area contributed by atoms with Crippen molar-refractivity contribution in [2.45, 2.75) is 24.9 Å². The van der Waals surface area contributed by atoms with Gasteiger partial charge in [-0.25, -0.2) is 14.8 Å². The summed E-state index contributed by atoms with van der Waals surface area (Å²) in [5, 5.41) is 21.0. The third kappa shape index (κ3) is 9.71. The highest BCUT2D eigenvalue weighted by atomic mass is 16.5. The van der Waals surface area contributed by atoms with Gasteiger partial charge in [-0.1, -0.05) is 0 Å². The van der Waals surface area contributed by atoms with Crippen molar-refractivity contribution in [1.29, 1.82) is 0 Å². The number of carboxylic acid groups (broad SMARTS) is 1. The summed E-state index contributed by atoms with van der Waals surface area (Å²) in [6.45, 7) is 0.981. The number of rotatable bonds is 9. The average molecular weight is 770 g/mol. The minimum Gasteiger partial charge on any atom is -0.480 e. The summed E-state index contributed by atoms with van der Waals surface area (Å²) in [7, 11) is 1.21. The highest BCUT2D eigenvalue weighted by molar-refractivity contribution is 5.97. The summed E-state index contributed by atoms with van der Waals surface area (Å²) in [5.74, 6) is -1.93. The lowest BCUT2D eigenvalue weighted by molar-refractivity contribution is -0.142. The zero-order valence-corrected chi connectivity index (χ0v) is 30.6. The Balaban J connectivity index is 0.000000182. The van der Waals surface area contributed by atoms with Crippen LogP contribution in [0.15, 0.2) is 77.6 Å². The van der Waals surface area contributed by atoms with Crippen molar-refractivity contribution in [1.82, 2.24) is 35.2 Å². The number of aliphatic carboxylic acids is 1. The number of nitrogen functional groups attached to an aromatic ring is 1. The van der Waals surface area contributed by atoms with Crippen LogP contribution in [0, 0.1) is 0 Å². The zero-order valence-electron chi connectivity index (χ0n) is 30.6. The highest BCUT2D eigenvalue weighted by Gasteiger charge is 2.23. The van der Waals surface area contributed by atoms with E-state index in [-0.39, 0.29) is 36.0 Å². The van der Waals surface area contributed by atoms with Gasteiger partial charge < -0.3 is 46.8 Å². The Morgan fingerprint density at radius 2 is 1.40 bits per heavy atom. The first-order chi connectivity index (χ1) is 27.6. The Labute approximate surface area is 324 Å². The average Bonchev–Trinajstić information content (AvgIpc) is 4.03. The fourth-order valence-electron chi connectivity index (χ4n) is 6.14. The van der Waals surface area contributed by atoms with Crippen LogP contribution < -0.4 is 32.6 Å². The number of hydrogen-bond donors (Lipinski definition) is 9. The SMILES string of the molecule is C1=Cc2cc3ccc(cc4ccc(cc5nc(cc1n2)C=C5)[nH]4)[nH]3.COC(=O)CCC(NC(=O)c1ccc(NCC2CNc3nc(N)[nH]c(=O)c3N2)cc1)C(=O)O. The molecule has 7 heterocycles. The second kappa shape index (κ2) is 16.8. The molecule has 290 valence electrons. The maximum Gasteiger partial charge on any atom is 0.326 e. The van der Waals surface area contributed by atoms with Crippen LogP contribution in [0.1, 0.15) is 46.0 Å². The third-order valence-corrected chi connectivity index (χ3v) is 9.01. The number of benzene rings is 1. The summed E-state index contributed by atoms with van der Waals surface area (Å²) < 4.78 is 4.49. The maximum atomic E-state index is 12.4. The molecule has 17 nitrogen and oxygen atoms in total. The quantitative estimate of drug-likeness (QED) is 0.0920. The molecular weight excluding hydrogens is 731 g/mol. The van der Waals surface area contributed by atoms with Crippen LogP contribution in [-0.2, 0) is 14.3 Å². The van der Waals surface area contributed by atoms with Crippen molar-refractivity contribution in [2.24, 2.45) is 0 Å². The fourth-order valence-corrected chi connectivity index (χ4v) is 6.14. The van der Waals surface area contributed by atoms with Gasteiger partial charge in [0.1, 0.15) is 11.7 Å².